The van der Waals surface area contributed by atoms with Gasteiger partial charge in [0.25, 0.3) is 15.9 Å². The maximum Gasteiger partial charge on any atom is 0.262 e. The number of morpholine rings is 1. The first kappa shape index (κ1) is 25.9. The summed E-state index contributed by atoms with van der Waals surface area (Å²) in [6.07, 6.45) is 0. The summed E-state index contributed by atoms with van der Waals surface area (Å²) in [7, 11) is -3.87. The van der Waals surface area contributed by atoms with Gasteiger partial charge in [0, 0.05) is 31.7 Å². The van der Waals surface area contributed by atoms with E-state index in [9.17, 15) is 13.2 Å². The lowest BCUT2D eigenvalue weighted by Crippen LogP contribution is -2.35. The molecule has 8 heteroatoms. The van der Waals surface area contributed by atoms with Crippen molar-refractivity contribution < 1.29 is 17.9 Å². The maximum absolute atomic E-state index is 13.2. The summed E-state index contributed by atoms with van der Waals surface area (Å²) in [6.45, 7) is 10.1. The van der Waals surface area contributed by atoms with Crippen molar-refractivity contribution in [3.63, 3.8) is 0 Å². The number of benzene rings is 3. The highest BCUT2D eigenvalue weighted by Crippen LogP contribution is 2.24. The molecule has 0 aromatic heterocycles. The molecule has 1 aliphatic rings. The molecule has 0 unspecified atom stereocenters. The van der Waals surface area contributed by atoms with Gasteiger partial charge in [0.2, 0.25) is 0 Å². The summed E-state index contributed by atoms with van der Waals surface area (Å²) < 4.78 is 34.4. The van der Waals surface area contributed by atoms with Crippen LogP contribution in [-0.2, 0) is 27.8 Å². The number of anilines is 1. The monoisotopic (exact) mass is 507 g/mol. The number of hydrogen-bond acceptors (Lipinski definition) is 5. The highest BCUT2D eigenvalue weighted by Gasteiger charge is 2.20. The lowest BCUT2D eigenvalue weighted by Gasteiger charge is -2.26. The number of ether oxygens (including phenoxy) is 1. The Kier molecular flexibility index (Phi) is 8.08. The number of rotatable bonds is 8. The maximum atomic E-state index is 13.2. The van der Waals surface area contributed by atoms with Gasteiger partial charge in [-0.2, -0.15) is 0 Å². The summed E-state index contributed by atoms with van der Waals surface area (Å²) in [5.74, 6) is -0.324. The Morgan fingerprint density at radius 3 is 2.28 bits per heavy atom. The third-order valence-electron chi connectivity index (χ3n) is 6.36. The molecule has 1 heterocycles. The fraction of sp³-hybridized carbons (Fsp3) is 0.321. The van der Waals surface area contributed by atoms with Gasteiger partial charge in [0.05, 0.1) is 23.8 Å². The minimum Gasteiger partial charge on any atom is -0.379 e. The first-order valence-corrected chi connectivity index (χ1v) is 13.6. The van der Waals surface area contributed by atoms with Crippen LogP contribution >= 0.6 is 0 Å². The van der Waals surface area contributed by atoms with Crippen LogP contribution in [0.5, 0.6) is 0 Å². The summed E-state index contributed by atoms with van der Waals surface area (Å²) in [5.41, 5.74) is 5.37. The van der Waals surface area contributed by atoms with Crippen molar-refractivity contribution >= 4 is 21.6 Å². The van der Waals surface area contributed by atoms with Crippen molar-refractivity contribution in [1.29, 1.82) is 0 Å². The Hall–Kier alpha value is -3.20. The van der Waals surface area contributed by atoms with E-state index in [-0.39, 0.29) is 10.8 Å². The van der Waals surface area contributed by atoms with Gasteiger partial charge in [0.1, 0.15) is 0 Å². The predicted molar refractivity (Wildman–Crippen MR) is 142 cm³/mol. The summed E-state index contributed by atoms with van der Waals surface area (Å²) in [5, 5.41) is 2.90. The number of nitrogens with zero attached hydrogens (tertiary/aromatic N) is 1. The zero-order chi connectivity index (χ0) is 25.7. The molecular formula is C28H33N3O4S. The third kappa shape index (κ3) is 6.51. The molecule has 1 saturated heterocycles. The van der Waals surface area contributed by atoms with Crippen LogP contribution in [0, 0.1) is 20.8 Å². The molecule has 190 valence electrons. The molecule has 2 N–H and O–H groups in total. The van der Waals surface area contributed by atoms with Gasteiger partial charge in [0.15, 0.2) is 0 Å². The van der Waals surface area contributed by atoms with Gasteiger partial charge in [-0.05, 0) is 66.8 Å². The largest absolute Gasteiger partial charge is 0.379 e. The van der Waals surface area contributed by atoms with Crippen molar-refractivity contribution in [2.24, 2.45) is 0 Å². The van der Waals surface area contributed by atoms with E-state index in [4.69, 9.17) is 4.74 Å². The van der Waals surface area contributed by atoms with Crippen LogP contribution in [0.25, 0.3) is 0 Å². The highest BCUT2D eigenvalue weighted by atomic mass is 32.2. The predicted octanol–water partition coefficient (Wildman–Crippen LogP) is 4.17. The van der Waals surface area contributed by atoms with Crippen molar-refractivity contribution in [3.05, 3.63) is 94.0 Å². The van der Waals surface area contributed by atoms with E-state index in [1.807, 2.05) is 38.1 Å². The summed E-state index contributed by atoms with van der Waals surface area (Å²) in [4.78, 5) is 15.3. The van der Waals surface area contributed by atoms with Crippen molar-refractivity contribution in [2.45, 2.75) is 38.8 Å². The Balaban J connectivity index is 1.41. The molecule has 1 fully saturated rings. The molecule has 0 saturated carbocycles. The quantitative estimate of drug-likeness (QED) is 0.478. The smallest absolute Gasteiger partial charge is 0.262 e. The molecule has 1 amide bonds. The fourth-order valence-electron chi connectivity index (χ4n) is 4.14. The van der Waals surface area contributed by atoms with E-state index in [0.29, 0.717) is 23.4 Å². The molecule has 1 aliphatic heterocycles. The molecule has 0 spiro atoms. The van der Waals surface area contributed by atoms with Crippen LogP contribution in [0.2, 0.25) is 0 Å². The number of hydrogen-bond donors (Lipinski definition) is 2. The van der Waals surface area contributed by atoms with Gasteiger partial charge < -0.3 is 10.1 Å². The van der Waals surface area contributed by atoms with Gasteiger partial charge in [-0.15, -0.1) is 0 Å². The van der Waals surface area contributed by atoms with E-state index in [0.717, 1.165) is 49.5 Å². The summed E-state index contributed by atoms with van der Waals surface area (Å²) in [6, 6.07) is 18.5. The third-order valence-corrected chi connectivity index (χ3v) is 7.87. The molecule has 0 atom stereocenters. The van der Waals surface area contributed by atoms with E-state index in [1.54, 1.807) is 25.1 Å². The number of sulfonamides is 1. The minimum absolute atomic E-state index is 0.0866. The molecule has 7 nitrogen and oxygen atoms in total. The SMILES string of the molecule is Cc1ccc(C)c(NS(=O)(=O)c2cc(C(=O)NCc3ccc(CN4CCOCC4)cc3)ccc2C)c1. The molecule has 0 bridgehead atoms. The topological polar surface area (TPSA) is 87.7 Å². The van der Waals surface area contributed by atoms with Crippen molar-refractivity contribution in [1.82, 2.24) is 10.2 Å². The molecule has 3 aromatic rings. The molecule has 4 rings (SSSR count). The number of amides is 1. The van der Waals surface area contributed by atoms with Crippen LogP contribution < -0.4 is 10.0 Å². The number of nitrogens with one attached hydrogen (secondary N) is 2. The van der Waals surface area contributed by atoms with Gasteiger partial charge in [-0.1, -0.05) is 42.5 Å². The normalized spacial score (nSPS) is 14.4. The summed E-state index contributed by atoms with van der Waals surface area (Å²) >= 11 is 0. The lowest BCUT2D eigenvalue weighted by atomic mass is 10.1. The Labute approximate surface area is 213 Å². The van der Waals surface area contributed by atoms with E-state index in [1.165, 1.54) is 11.6 Å². The second kappa shape index (κ2) is 11.2. The van der Waals surface area contributed by atoms with Gasteiger partial charge >= 0.3 is 0 Å². The van der Waals surface area contributed by atoms with E-state index >= 15 is 0 Å². The highest BCUT2D eigenvalue weighted by molar-refractivity contribution is 7.92. The molecule has 0 aliphatic carbocycles. The average Bonchev–Trinajstić information content (AvgIpc) is 2.86. The van der Waals surface area contributed by atoms with Crippen LogP contribution in [0.15, 0.2) is 65.6 Å². The van der Waals surface area contributed by atoms with Crippen LogP contribution in [0.4, 0.5) is 5.69 Å². The molecule has 36 heavy (non-hydrogen) atoms. The zero-order valence-corrected chi connectivity index (χ0v) is 21.8. The van der Waals surface area contributed by atoms with Gasteiger partial charge in [-0.3, -0.25) is 14.4 Å². The number of aryl methyl sites for hydroxylation is 3. The molecular weight excluding hydrogens is 474 g/mol. The second-order valence-electron chi connectivity index (χ2n) is 9.29. The van der Waals surface area contributed by atoms with E-state index in [2.05, 4.69) is 27.1 Å². The lowest BCUT2D eigenvalue weighted by molar-refractivity contribution is 0.0342. The van der Waals surface area contributed by atoms with Crippen LogP contribution in [0.3, 0.4) is 0 Å². The molecule has 0 radical (unpaired) electrons. The molecule has 3 aromatic carbocycles. The standard InChI is InChI=1S/C28H33N3O4S/c1-20-4-5-21(2)26(16-20)30-36(33,34)27-17-25(11-6-22(27)3)28(32)29-18-23-7-9-24(10-8-23)19-31-12-14-35-15-13-31/h4-11,16-17,30H,12-15,18-19H2,1-3H3,(H,29,32). The Bertz CT molecular complexity index is 1330. The first-order valence-electron chi connectivity index (χ1n) is 12.1. The van der Waals surface area contributed by atoms with Crippen molar-refractivity contribution in [2.75, 3.05) is 31.0 Å². The second-order valence-corrected chi connectivity index (χ2v) is 10.9. The van der Waals surface area contributed by atoms with Gasteiger partial charge in [-0.25, -0.2) is 8.42 Å². The van der Waals surface area contributed by atoms with Crippen molar-refractivity contribution in [3.8, 4) is 0 Å². The fourth-order valence-corrected chi connectivity index (χ4v) is 5.53. The Morgan fingerprint density at radius 2 is 1.56 bits per heavy atom. The minimum atomic E-state index is -3.87. The first-order chi connectivity index (χ1) is 17.2. The zero-order valence-electron chi connectivity index (χ0n) is 21.0. The van der Waals surface area contributed by atoms with Crippen LogP contribution in [0.1, 0.15) is 38.2 Å². The van der Waals surface area contributed by atoms with E-state index < -0.39 is 10.0 Å². The number of carbonyl (C=O) groups excluding carboxylic acids is 1. The Morgan fingerprint density at radius 1 is 0.889 bits per heavy atom. The average molecular weight is 508 g/mol. The number of carbonyl (C=O) groups is 1. The van der Waals surface area contributed by atoms with Crippen LogP contribution in [-0.4, -0.2) is 45.5 Å².